The maximum absolute atomic E-state index is 12.2. The molecule has 3 aromatic rings. The molecule has 2 N–H and O–H groups in total. The van der Waals surface area contributed by atoms with Crippen LogP contribution >= 0.6 is 0 Å². The number of hydrogen-bond donors (Lipinski definition) is 2. The zero-order chi connectivity index (χ0) is 17.6. The summed E-state index contributed by atoms with van der Waals surface area (Å²) >= 11 is 0. The Balaban J connectivity index is 1.87. The lowest BCUT2D eigenvalue weighted by atomic mass is 10.0. The highest BCUT2D eigenvalue weighted by molar-refractivity contribution is 7.91. The van der Waals surface area contributed by atoms with Crippen molar-refractivity contribution in [3.05, 3.63) is 59.8 Å². The first-order valence-electron chi connectivity index (χ1n) is 7.69. The number of aromatic nitrogens is 1. The number of carboxylic acid groups (broad SMARTS) is 1. The fourth-order valence-corrected chi connectivity index (χ4v) is 4.72. The quantitative estimate of drug-likeness (QED) is 0.750. The highest BCUT2D eigenvalue weighted by atomic mass is 32.2. The van der Waals surface area contributed by atoms with Crippen LogP contribution < -0.4 is 5.32 Å². The molecule has 0 unspecified atom stereocenters. The molecule has 126 valence electrons. The van der Waals surface area contributed by atoms with Gasteiger partial charge < -0.3 is 10.4 Å². The average Bonchev–Trinajstić information content (AvgIpc) is 2.90. The van der Waals surface area contributed by atoms with Gasteiger partial charge in [-0.1, -0.05) is 6.07 Å². The van der Waals surface area contributed by atoms with E-state index in [1.54, 1.807) is 36.5 Å². The number of nitrogens with zero attached hydrogens (tertiary/aromatic N) is 1. The Labute approximate surface area is 144 Å². The van der Waals surface area contributed by atoms with Gasteiger partial charge in [-0.05, 0) is 48.4 Å². The van der Waals surface area contributed by atoms with Gasteiger partial charge in [0.1, 0.15) is 0 Å². The van der Waals surface area contributed by atoms with Gasteiger partial charge in [0.15, 0.2) is 9.84 Å². The van der Waals surface area contributed by atoms with E-state index in [2.05, 4.69) is 10.3 Å². The van der Waals surface area contributed by atoms with Gasteiger partial charge in [0, 0.05) is 23.0 Å². The third kappa shape index (κ3) is 2.62. The summed E-state index contributed by atoms with van der Waals surface area (Å²) in [6, 6.07) is 11.6. The fourth-order valence-electron chi connectivity index (χ4n) is 3.18. The number of hydrogen-bond acceptors (Lipinski definition) is 5. The largest absolute Gasteiger partial charge is 0.478 e. The van der Waals surface area contributed by atoms with Crippen LogP contribution in [0.25, 0.3) is 10.9 Å². The highest BCUT2D eigenvalue weighted by Gasteiger charge is 2.28. The SMILES string of the molecule is O=C(O)c1cccc(Nc2ccnc3ccc4c(c23)CCS4(=O)=O)c1. The second-order valence-corrected chi connectivity index (χ2v) is 7.95. The van der Waals surface area contributed by atoms with Gasteiger partial charge in [-0.3, -0.25) is 4.98 Å². The third-order valence-electron chi connectivity index (χ3n) is 4.32. The first-order chi connectivity index (χ1) is 12.0. The molecule has 25 heavy (non-hydrogen) atoms. The Morgan fingerprint density at radius 3 is 2.80 bits per heavy atom. The van der Waals surface area contributed by atoms with Crippen molar-refractivity contribution in [3.8, 4) is 0 Å². The Bertz CT molecular complexity index is 1120. The van der Waals surface area contributed by atoms with E-state index >= 15 is 0 Å². The molecule has 0 spiro atoms. The molecule has 1 aromatic heterocycles. The number of anilines is 2. The van der Waals surface area contributed by atoms with Crippen LogP contribution in [0.1, 0.15) is 15.9 Å². The summed E-state index contributed by atoms with van der Waals surface area (Å²) in [6.07, 6.45) is 2.09. The van der Waals surface area contributed by atoms with Crippen LogP contribution in [0.3, 0.4) is 0 Å². The van der Waals surface area contributed by atoms with Crippen molar-refractivity contribution in [1.29, 1.82) is 0 Å². The number of carboxylic acids is 1. The summed E-state index contributed by atoms with van der Waals surface area (Å²) in [4.78, 5) is 15.8. The van der Waals surface area contributed by atoms with Crippen LogP contribution in [-0.4, -0.2) is 30.2 Å². The number of sulfone groups is 1. The minimum atomic E-state index is -3.24. The van der Waals surface area contributed by atoms with E-state index in [0.29, 0.717) is 28.2 Å². The number of aromatic carboxylic acids is 1. The Morgan fingerprint density at radius 1 is 1.16 bits per heavy atom. The van der Waals surface area contributed by atoms with Crippen LogP contribution in [0.15, 0.2) is 53.6 Å². The van der Waals surface area contributed by atoms with E-state index in [1.807, 2.05) is 0 Å². The molecule has 0 amide bonds. The molecular formula is C18H14N2O4S. The molecule has 6 nitrogen and oxygen atoms in total. The molecule has 1 aliphatic rings. The maximum Gasteiger partial charge on any atom is 0.335 e. The standard InChI is InChI=1S/C18H14N2O4S/c21-18(22)11-2-1-3-12(10-11)20-15-6-8-19-14-4-5-16-13(17(14)15)7-9-25(16,23)24/h1-6,8,10H,7,9H2,(H,19,20)(H,21,22). The Kier molecular flexibility index (Phi) is 3.47. The summed E-state index contributed by atoms with van der Waals surface area (Å²) < 4.78 is 24.4. The lowest BCUT2D eigenvalue weighted by molar-refractivity contribution is 0.0697. The monoisotopic (exact) mass is 354 g/mol. The number of carbonyl (C=O) groups is 1. The number of benzene rings is 2. The van der Waals surface area contributed by atoms with E-state index in [1.165, 1.54) is 12.1 Å². The smallest absolute Gasteiger partial charge is 0.335 e. The molecular weight excluding hydrogens is 340 g/mol. The van der Waals surface area contributed by atoms with Gasteiger partial charge in [-0.2, -0.15) is 0 Å². The molecule has 2 aromatic carbocycles. The number of nitrogens with one attached hydrogen (secondary N) is 1. The van der Waals surface area contributed by atoms with Gasteiger partial charge in [0.05, 0.1) is 21.7 Å². The molecule has 0 aliphatic carbocycles. The molecule has 0 saturated heterocycles. The number of pyridine rings is 1. The van der Waals surface area contributed by atoms with Gasteiger partial charge >= 0.3 is 5.97 Å². The molecule has 0 atom stereocenters. The van der Waals surface area contributed by atoms with Crippen molar-refractivity contribution < 1.29 is 18.3 Å². The van der Waals surface area contributed by atoms with E-state index < -0.39 is 15.8 Å². The van der Waals surface area contributed by atoms with Gasteiger partial charge in [-0.25, -0.2) is 13.2 Å². The number of rotatable bonds is 3. The molecule has 7 heteroatoms. The van der Waals surface area contributed by atoms with E-state index in [0.717, 1.165) is 10.9 Å². The van der Waals surface area contributed by atoms with Gasteiger partial charge in [-0.15, -0.1) is 0 Å². The lowest BCUT2D eigenvalue weighted by Gasteiger charge is -2.12. The minimum Gasteiger partial charge on any atom is -0.478 e. The van der Waals surface area contributed by atoms with Crippen LogP contribution in [0.5, 0.6) is 0 Å². The summed E-state index contributed by atoms with van der Waals surface area (Å²) in [7, 11) is -3.24. The van der Waals surface area contributed by atoms with Crippen molar-refractivity contribution in [2.45, 2.75) is 11.3 Å². The zero-order valence-electron chi connectivity index (χ0n) is 13.1. The molecule has 1 aliphatic heterocycles. The van der Waals surface area contributed by atoms with Crippen LogP contribution in [0, 0.1) is 0 Å². The fraction of sp³-hybridized carbons (Fsp3) is 0.111. The van der Waals surface area contributed by atoms with Gasteiger partial charge in [0.25, 0.3) is 0 Å². The predicted octanol–water partition coefficient (Wildman–Crippen LogP) is 3.01. The van der Waals surface area contributed by atoms with E-state index in [-0.39, 0.29) is 11.3 Å². The average molecular weight is 354 g/mol. The van der Waals surface area contributed by atoms with Crippen LogP contribution in [-0.2, 0) is 16.3 Å². The second kappa shape index (κ2) is 5.56. The summed E-state index contributed by atoms with van der Waals surface area (Å²) in [5.74, 6) is -0.903. The van der Waals surface area contributed by atoms with Gasteiger partial charge in [0.2, 0.25) is 0 Å². The first-order valence-corrected chi connectivity index (χ1v) is 9.35. The summed E-state index contributed by atoms with van der Waals surface area (Å²) in [6.45, 7) is 0. The Hall–Kier alpha value is -2.93. The van der Waals surface area contributed by atoms with Crippen LogP contribution in [0.4, 0.5) is 11.4 Å². The Morgan fingerprint density at radius 2 is 2.00 bits per heavy atom. The van der Waals surface area contributed by atoms with Crippen molar-refractivity contribution in [2.75, 3.05) is 11.1 Å². The minimum absolute atomic E-state index is 0.101. The summed E-state index contributed by atoms with van der Waals surface area (Å²) in [5, 5.41) is 13.1. The molecule has 0 bridgehead atoms. The van der Waals surface area contributed by atoms with Crippen molar-refractivity contribution >= 4 is 38.1 Å². The zero-order valence-corrected chi connectivity index (χ0v) is 13.9. The van der Waals surface area contributed by atoms with E-state index in [4.69, 9.17) is 5.11 Å². The van der Waals surface area contributed by atoms with Crippen LogP contribution in [0.2, 0.25) is 0 Å². The number of aryl methyl sites for hydroxylation is 1. The van der Waals surface area contributed by atoms with Crippen molar-refractivity contribution in [1.82, 2.24) is 4.98 Å². The normalized spacial score (nSPS) is 15.0. The second-order valence-electron chi connectivity index (χ2n) is 5.87. The number of fused-ring (bicyclic) bond motifs is 3. The predicted molar refractivity (Wildman–Crippen MR) is 94.2 cm³/mol. The molecule has 0 fully saturated rings. The maximum atomic E-state index is 12.2. The highest BCUT2D eigenvalue weighted by Crippen LogP contribution is 2.36. The topological polar surface area (TPSA) is 96.4 Å². The molecule has 0 saturated carbocycles. The molecule has 0 radical (unpaired) electrons. The van der Waals surface area contributed by atoms with Crippen molar-refractivity contribution in [3.63, 3.8) is 0 Å². The molecule has 2 heterocycles. The van der Waals surface area contributed by atoms with Crippen molar-refractivity contribution in [2.24, 2.45) is 0 Å². The summed E-state index contributed by atoms with van der Waals surface area (Å²) in [5.41, 5.74) is 2.97. The lowest BCUT2D eigenvalue weighted by Crippen LogP contribution is -2.00. The van der Waals surface area contributed by atoms with E-state index in [9.17, 15) is 13.2 Å². The first kappa shape index (κ1) is 15.6. The third-order valence-corrected chi connectivity index (χ3v) is 6.11. The molecule has 4 rings (SSSR count).